The molecule has 2 aliphatic rings. The molecule has 0 aromatic rings. The van der Waals surface area contributed by atoms with E-state index in [1.807, 2.05) is 13.8 Å². The molecule has 2 aliphatic heterocycles. The van der Waals surface area contributed by atoms with Crippen molar-refractivity contribution in [3.05, 3.63) is 0 Å². The Labute approximate surface area is 152 Å². The van der Waals surface area contributed by atoms with E-state index in [9.17, 15) is 4.32 Å². The molecule has 2 N–H and O–H groups in total. The summed E-state index contributed by atoms with van der Waals surface area (Å²) in [4.78, 5) is 12.0. The zero-order valence-electron chi connectivity index (χ0n) is 15.3. The van der Waals surface area contributed by atoms with Crippen molar-refractivity contribution < 1.29 is 43.5 Å². The Morgan fingerprint density at radius 1 is 0.885 bits per heavy atom. The highest BCUT2D eigenvalue weighted by atomic mass is 19.1. The number of nitrogens with one attached hydrogen (secondary N) is 2. The van der Waals surface area contributed by atoms with E-state index in [0.29, 0.717) is 39.6 Å². The third-order valence-electron chi connectivity index (χ3n) is 2.99. The van der Waals surface area contributed by atoms with Gasteiger partial charge in [0.25, 0.3) is 0 Å². The summed E-state index contributed by atoms with van der Waals surface area (Å²) in [5.74, 6) is 0. The van der Waals surface area contributed by atoms with Crippen LogP contribution in [0.3, 0.4) is 0 Å². The van der Waals surface area contributed by atoms with Crippen molar-refractivity contribution in [1.29, 1.82) is 11.1 Å². The standard InChI is InChI=1S/2C6H14N3O2.BFO2/c2*1-2-11-9(7)8-3-5-10-6-4-8;2-1(3)4/h2*7H,2-6H2,1H3;/q2*+1;-2. The molecule has 0 aromatic heterocycles. The van der Waals surface area contributed by atoms with E-state index in [0.717, 1.165) is 36.1 Å². The first-order valence-electron chi connectivity index (χ1n) is 8.31. The van der Waals surface area contributed by atoms with Crippen LogP contribution in [-0.2, 0) is 19.1 Å². The Hall–Kier alpha value is -1.77. The van der Waals surface area contributed by atoms with Crippen LogP contribution in [0.1, 0.15) is 13.8 Å². The highest BCUT2D eigenvalue weighted by Crippen LogP contribution is 1.98. The fourth-order valence-corrected chi connectivity index (χ4v) is 1.88. The number of halogens is 1. The molecule has 0 amide bonds. The second-order valence-corrected chi connectivity index (χ2v) is 4.79. The largest absolute Gasteiger partial charge is 0.867 e. The number of morpholine rings is 2. The quantitative estimate of drug-likeness (QED) is 0.235. The van der Waals surface area contributed by atoms with Gasteiger partial charge in [0.05, 0.1) is 26.4 Å². The summed E-state index contributed by atoms with van der Waals surface area (Å²) in [6.45, 7) is 10.5. The normalized spacial score (nSPS) is 16.3. The van der Waals surface area contributed by atoms with Gasteiger partial charge in [-0.2, -0.15) is 0 Å². The molecule has 0 aromatic carbocycles. The molecule has 2 heterocycles. The maximum atomic E-state index is 9.89. The Bertz CT molecular complexity index is 350. The Balaban J connectivity index is 0.000000401. The number of hydrogen-bond acceptors (Lipinski definition) is 8. The van der Waals surface area contributed by atoms with Gasteiger partial charge in [-0.15, -0.1) is 10.0 Å². The first kappa shape index (κ1) is 24.2. The summed E-state index contributed by atoms with van der Waals surface area (Å²) in [5.41, 5.74) is 14.7. The molecule has 152 valence electrons. The Morgan fingerprint density at radius 3 is 1.38 bits per heavy atom. The molecule has 0 saturated carbocycles. The third-order valence-corrected chi connectivity index (χ3v) is 2.99. The lowest BCUT2D eigenvalue weighted by molar-refractivity contribution is -0.952. The molecular weight excluding hydrogens is 354 g/mol. The van der Waals surface area contributed by atoms with E-state index in [1.165, 1.54) is 0 Å². The van der Waals surface area contributed by atoms with Crippen LogP contribution in [0.5, 0.6) is 0 Å². The summed E-state index contributed by atoms with van der Waals surface area (Å²) < 4.78 is 20.1. The lowest BCUT2D eigenvalue weighted by atomic mass is 10.3. The van der Waals surface area contributed by atoms with E-state index in [-0.39, 0.29) is 0 Å². The predicted octanol–water partition coefficient (Wildman–Crippen LogP) is -1.88. The monoisotopic (exact) mass is 382 g/mol. The van der Waals surface area contributed by atoms with Crippen molar-refractivity contribution >= 4 is 7.40 Å². The van der Waals surface area contributed by atoms with Crippen LogP contribution in [0.4, 0.5) is 4.32 Å². The van der Waals surface area contributed by atoms with Gasteiger partial charge in [-0.3, -0.25) is 0 Å². The summed E-state index contributed by atoms with van der Waals surface area (Å²) >= 11 is 0. The number of ether oxygens (including phenoxy) is 2. The van der Waals surface area contributed by atoms with Crippen LogP contribution in [-0.4, -0.2) is 93.2 Å². The molecule has 0 spiro atoms. The van der Waals surface area contributed by atoms with E-state index in [1.54, 1.807) is 10.0 Å². The summed E-state index contributed by atoms with van der Waals surface area (Å²) in [5, 5.41) is 20.2. The van der Waals surface area contributed by atoms with Crippen LogP contribution in [0.15, 0.2) is 0 Å². The minimum Gasteiger partial charge on any atom is -0.867 e. The van der Waals surface area contributed by atoms with Crippen LogP contribution < -0.4 is 10.0 Å². The van der Waals surface area contributed by atoms with Crippen LogP contribution >= 0.6 is 0 Å². The van der Waals surface area contributed by atoms with Gasteiger partial charge >= 0.3 is 0 Å². The molecule has 26 heavy (non-hydrogen) atoms. The van der Waals surface area contributed by atoms with Gasteiger partial charge in [0.15, 0.2) is 13.2 Å². The molecular formula is C12H28BFN6O6. The minimum absolute atomic E-state index is 0.529. The van der Waals surface area contributed by atoms with Gasteiger partial charge in [-0.1, -0.05) is 0 Å². The number of hydrogen-bond donors (Lipinski definition) is 2. The van der Waals surface area contributed by atoms with E-state index in [2.05, 4.69) is 0 Å². The minimum atomic E-state index is -3.17. The van der Waals surface area contributed by atoms with Crippen molar-refractivity contribution in [2.45, 2.75) is 13.8 Å². The zero-order valence-corrected chi connectivity index (χ0v) is 15.3. The van der Waals surface area contributed by atoms with Gasteiger partial charge in [0, 0.05) is 11.1 Å². The molecule has 12 nitrogen and oxygen atoms in total. The second-order valence-electron chi connectivity index (χ2n) is 4.79. The molecule has 14 heteroatoms. The van der Waals surface area contributed by atoms with Crippen molar-refractivity contribution in [1.82, 2.24) is 10.0 Å². The molecule has 2 rings (SSSR count). The predicted molar refractivity (Wildman–Crippen MR) is 80.9 cm³/mol. The first-order chi connectivity index (χ1) is 12.4. The third kappa shape index (κ3) is 12.6. The summed E-state index contributed by atoms with van der Waals surface area (Å²) in [6, 6.07) is 0. The van der Waals surface area contributed by atoms with E-state index >= 15 is 0 Å². The molecule has 2 saturated heterocycles. The fraction of sp³-hybridized carbons (Fsp3) is 1.00. The fourth-order valence-electron chi connectivity index (χ4n) is 1.88. The molecule has 2 fully saturated rings. The second kappa shape index (κ2) is 15.5. The van der Waals surface area contributed by atoms with Gasteiger partial charge in [0.2, 0.25) is 9.94 Å². The lowest BCUT2D eigenvalue weighted by Gasteiger charge is -2.19. The molecule has 0 unspecified atom stereocenters. The number of nitrogens with zero attached hydrogens (tertiary/aromatic N) is 4. The molecule has 0 bridgehead atoms. The van der Waals surface area contributed by atoms with Crippen LogP contribution in [0, 0.1) is 11.1 Å². The average Bonchev–Trinajstić information content (AvgIpc) is 2.64. The van der Waals surface area contributed by atoms with Crippen LogP contribution in [0.25, 0.3) is 0 Å². The highest BCUT2D eigenvalue weighted by molar-refractivity contribution is 6.27. The van der Waals surface area contributed by atoms with Crippen molar-refractivity contribution in [3.8, 4) is 0 Å². The topological polar surface area (TPSA) is 143 Å². The lowest BCUT2D eigenvalue weighted by Crippen LogP contribution is -2.42. The van der Waals surface area contributed by atoms with Gasteiger partial charge in [0.1, 0.15) is 33.6 Å². The maximum absolute atomic E-state index is 9.89. The number of hydrazine groups is 2. The Morgan fingerprint density at radius 2 is 1.15 bits per heavy atom. The van der Waals surface area contributed by atoms with Gasteiger partial charge in [-0.25, -0.2) is 9.68 Å². The summed E-state index contributed by atoms with van der Waals surface area (Å²) in [7, 11) is -3.17. The smallest absolute Gasteiger partial charge is 0.219 e. The average molecular weight is 382 g/mol. The molecule has 0 atom stereocenters. The van der Waals surface area contributed by atoms with Crippen molar-refractivity contribution in [2.75, 3.05) is 65.8 Å². The van der Waals surface area contributed by atoms with Crippen molar-refractivity contribution in [3.63, 3.8) is 0 Å². The maximum Gasteiger partial charge on any atom is 0.219 e. The van der Waals surface area contributed by atoms with Gasteiger partial charge in [-0.05, 0) is 13.8 Å². The van der Waals surface area contributed by atoms with Gasteiger partial charge < -0.3 is 23.8 Å². The number of rotatable bonds is 6. The van der Waals surface area contributed by atoms with E-state index < -0.39 is 7.40 Å². The molecule has 0 radical (unpaired) electrons. The summed E-state index contributed by atoms with van der Waals surface area (Å²) in [6.07, 6.45) is 0. The van der Waals surface area contributed by atoms with Crippen LogP contribution in [0.2, 0.25) is 0 Å². The first-order valence-corrected chi connectivity index (χ1v) is 8.31. The Kier molecular flexibility index (Phi) is 14.4. The zero-order chi connectivity index (χ0) is 19.8. The molecule has 0 aliphatic carbocycles. The van der Waals surface area contributed by atoms with Crippen molar-refractivity contribution in [2.24, 2.45) is 0 Å². The van der Waals surface area contributed by atoms with E-state index in [4.69, 9.17) is 40.3 Å². The highest BCUT2D eigenvalue weighted by Gasteiger charge is 2.22. The SMILES string of the molecule is CCO[N+](=N)N1CCOCC1.CCO[N+](=N)N1CCOCC1.[O-]B([O-])F.